The largest absolute Gasteiger partial charge is 0.486 e. The molecule has 3 rings (SSSR count). The van der Waals surface area contributed by atoms with Crippen molar-refractivity contribution in [1.29, 1.82) is 0 Å². The molecule has 0 saturated carbocycles. The number of thioether (sulfide) groups is 1. The highest BCUT2D eigenvalue weighted by atomic mass is 32.2. The molecule has 1 atom stereocenters. The molecule has 1 fully saturated rings. The van der Waals surface area contributed by atoms with Crippen LogP contribution in [0, 0.1) is 12.8 Å². The number of ether oxygens (including phenoxy) is 1. The van der Waals surface area contributed by atoms with Gasteiger partial charge in [0.05, 0.1) is 5.75 Å². The first kappa shape index (κ1) is 18.8. The molecule has 1 aromatic heterocycles. The second kappa shape index (κ2) is 8.58. The van der Waals surface area contributed by atoms with E-state index in [-0.39, 0.29) is 5.91 Å². The smallest absolute Gasteiger partial charge is 0.233 e. The van der Waals surface area contributed by atoms with Crippen molar-refractivity contribution in [3.05, 3.63) is 35.7 Å². The van der Waals surface area contributed by atoms with Crippen molar-refractivity contribution < 1.29 is 9.53 Å². The number of hydrogen-bond acceptors (Lipinski definition) is 5. The lowest BCUT2D eigenvalue weighted by molar-refractivity contribution is -0.130. The first-order valence-electron chi connectivity index (χ1n) is 9.01. The molecule has 1 amide bonds. The number of carbonyl (C=O) groups excluding carboxylic acids is 1. The van der Waals surface area contributed by atoms with E-state index in [9.17, 15) is 4.79 Å². The Hall–Kier alpha value is -2.02. The van der Waals surface area contributed by atoms with Crippen molar-refractivity contribution in [3.63, 3.8) is 0 Å². The van der Waals surface area contributed by atoms with E-state index in [2.05, 4.69) is 17.1 Å². The van der Waals surface area contributed by atoms with Gasteiger partial charge in [-0.25, -0.2) is 0 Å². The lowest BCUT2D eigenvalue weighted by Gasteiger charge is -2.30. The molecular weight excluding hydrogens is 348 g/mol. The maximum atomic E-state index is 12.4. The van der Waals surface area contributed by atoms with Crippen LogP contribution < -0.4 is 4.74 Å². The van der Waals surface area contributed by atoms with Crippen molar-refractivity contribution in [2.24, 2.45) is 13.0 Å². The van der Waals surface area contributed by atoms with Gasteiger partial charge in [-0.3, -0.25) is 4.79 Å². The molecular formula is C19H26N4O2S. The van der Waals surface area contributed by atoms with Crippen molar-refractivity contribution in [2.45, 2.75) is 38.5 Å². The molecule has 0 bridgehead atoms. The number of carbonyl (C=O) groups is 1. The number of hydrogen-bond donors (Lipinski definition) is 0. The highest BCUT2D eigenvalue weighted by Gasteiger charge is 2.21. The van der Waals surface area contributed by atoms with Crippen molar-refractivity contribution in [3.8, 4) is 5.75 Å². The zero-order chi connectivity index (χ0) is 18.5. The van der Waals surface area contributed by atoms with Crippen LogP contribution in [0.3, 0.4) is 0 Å². The number of nitrogens with zero attached hydrogens (tertiary/aromatic N) is 4. The van der Waals surface area contributed by atoms with Crippen molar-refractivity contribution >= 4 is 17.7 Å². The Morgan fingerprint density at radius 3 is 3.00 bits per heavy atom. The van der Waals surface area contributed by atoms with E-state index >= 15 is 0 Å². The third-order valence-electron chi connectivity index (χ3n) is 4.62. The van der Waals surface area contributed by atoms with Gasteiger partial charge in [-0.2, -0.15) is 0 Å². The van der Waals surface area contributed by atoms with Gasteiger partial charge in [0.25, 0.3) is 0 Å². The Kier molecular flexibility index (Phi) is 6.19. The van der Waals surface area contributed by atoms with Gasteiger partial charge in [0.2, 0.25) is 5.91 Å². The van der Waals surface area contributed by atoms with E-state index in [1.807, 2.05) is 47.7 Å². The summed E-state index contributed by atoms with van der Waals surface area (Å²) in [6.07, 6.45) is 2.31. The Morgan fingerprint density at radius 1 is 1.38 bits per heavy atom. The Balaban J connectivity index is 1.52. The summed E-state index contributed by atoms with van der Waals surface area (Å²) in [5.74, 6) is 2.74. The van der Waals surface area contributed by atoms with Crippen LogP contribution in [0.15, 0.2) is 29.4 Å². The summed E-state index contributed by atoms with van der Waals surface area (Å²) in [6.45, 7) is 6.33. The molecule has 140 valence electrons. The van der Waals surface area contributed by atoms with Gasteiger partial charge in [-0.15, -0.1) is 10.2 Å². The molecule has 0 spiro atoms. The van der Waals surface area contributed by atoms with Crippen LogP contribution in [0.4, 0.5) is 0 Å². The number of aromatic nitrogens is 3. The van der Waals surface area contributed by atoms with E-state index in [0.29, 0.717) is 18.3 Å². The average Bonchev–Trinajstić information content (AvgIpc) is 2.98. The van der Waals surface area contributed by atoms with Gasteiger partial charge in [0, 0.05) is 20.1 Å². The Labute approximate surface area is 158 Å². The van der Waals surface area contributed by atoms with E-state index in [1.54, 1.807) is 0 Å². The fourth-order valence-corrected chi connectivity index (χ4v) is 3.92. The zero-order valence-electron chi connectivity index (χ0n) is 15.6. The summed E-state index contributed by atoms with van der Waals surface area (Å²) in [6, 6.07) is 7.92. The number of likely N-dealkylation sites (tertiary alicyclic amines) is 1. The van der Waals surface area contributed by atoms with Crippen molar-refractivity contribution in [2.75, 3.05) is 18.8 Å². The highest BCUT2D eigenvalue weighted by molar-refractivity contribution is 7.99. The van der Waals surface area contributed by atoms with E-state index in [1.165, 1.54) is 18.2 Å². The summed E-state index contributed by atoms with van der Waals surface area (Å²) in [4.78, 5) is 14.4. The fraction of sp³-hybridized carbons (Fsp3) is 0.526. The van der Waals surface area contributed by atoms with E-state index < -0.39 is 0 Å². The second-order valence-electron chi connectivity index (χ2n) is 6.94. The number of benzene rings is 1. The van der Waals surface area contributed by atoms with Gasteiger partial charge in [-0.05, 0) is 43.4 Å². The van der Waals surface area contributed by atoms with Crippen LogP contribution in [0.5, 0.6) is 5.75 Å². The second-order valence-corrected chi connectivity index (χ2v) is 7.88. The highest BCUT2D eigenvalue weighted by Crippen LogP contribution is 2.20. The van der Waals surface area contributed by atoms with Crippen LogP contribution in [0.25, 0.3) is 0 Å². The van der Waals surface area contributed by atoms with Crippen LogP contribution >= 0.6 is 11.8 Å². The summed E-state index contributed by atoms with van der Waals surface area (Å²) < 4.78 is 7.69. The Morgan fingerprint density at radius 2 is 2.23 bits per heavy atom. The number of amides is 1. The lowest BCUT2D eigenvalue weighted by atomic mass is 10.0. The van der Waals surface area contributed by atoms with Gasteiger partial charge in [-0.1, -0.05) is 30.8 Å². The average molecular weight is 375 g/mol. The normalized spacial score (nSPS) is 17.3. The fourth-order valence-electron chi connectivity index (χ4n) is 3.08. The molecule has 1 saturated heterocycles. The lowest BCUT2D eigenvalue weighted by Crippen LogP contribution is -2.40. The maximum absolute atomic E-state index is 12.4. The minimum Gasteiger partial charge on any atom is -0.486 e. The number of rotatable bonds is 6. The SMILES string of the molecule is Cc1cccc(OCc2nnc(SCC(=O)N3CCC[C@@H](C)C3)n2C)c1. The minimum atomic E-state index is 0.183. The summed E-state index contributed by atoms with van der Waals surface area (Å²) in [5, 5.41) is 9.14. The maximum Gasteiger partial charge on any atom is 0.233 e. The third-order valence-corrected chi connectivity index (χ3v) is 5.62. The number of aryl methyl sites for hydroxylation is 1. The quantitative estimate of drug-likeness (QED) is 0.727. The topological polar surface area (TPSA) is 60.3 Å². The molecule has 1 aliphatic rings. The van der Waals surface area contributed by atoms with Gasteiger partial charge < -0.3 is 14.2 Å². The predicted octanol–water partition coefficient (Wildman–Crippen LogP) is 3.05. The van der Waals surface area contributed by atoms with E-state index in [0.717, 1.165) is 41.8 Å². The van der Waals surface area contributed by atoms with Gasteiger partial charge in [0.1, 0.15) is 12.4 Å². The molecule has 1 aliphatic heterocycles. The Bertz CT molecular complexity index is 762. The predicted molar refractivity (Wildman–Crippen MR) is 102 cm³/mol. The molecule has 2 aromatic rings. The molecule has 1 aromatic carbocycles. The van der Waals surface area contributed by atoms with Crippen molar-refractivity contribution in [1.82, 2.24) is 19.7 Å². The van der Waals surface area contributed by atoms with E-state index in [4.69, 9.17) is 4.74 Å². The van der Waals surface area contributed by atoms with Crippen LogP contribution in [0.1, 0.15) is 31.2 Å². The summed E-state index contributed by atoms with van der Waals surface area (Å²) in [5.41, 5.74) is 1.15. The standard InChI is InChI=1S/C19H26N4O2S/c1-14-6-4-8-16(10-14)25-12-17-20-21-19(22(17)3)26-13-18(24)23-9-5-7-15(2)11-23/h4,6,8,10,15H,5,7,9,11-13H2,1-3H3/t15-/m1/s1. The molecule has 0 radical (unpaired) electrons. The third kappa shape index (κ3) is 4.78. The van der Waals surface area contributed by atoms with Crippen LogP contribution in [-0.2, 0) is 18.4 Å². The van der Waals surface area contributed by atoms with Gasteiger partial charge >= 0.3 is 0 Å². The summed E-state index contributed by atoms with van der Waals surface area (Å²) >= 11 is 1.44. The van der Waals surface area contributed by atoms with Crippen LogP contribution in [-0.4, -0.2) is 44.4 Å². The first-order valence-corrected chi connectivity index (χ1v) is 10.00. The van der Waals surface area contributed by atoms with Crippen LogP contribution in [0.2, 0.25) is 0 Å². The minimum absolute atomic E-state index is 0.183. The molecule has 26 heavy (non-hydrogen) atoms. The summed E-state index contributed by atoms with van der Waals surface area (Å²) in [7, 11) is 1.91. The zero-order valence-corrected chi connectivity index (χ0v) is 16.5. The van der Waals surface area contributed by atoms with Gasteiger partial charge in [0.15, 0.2) is 11.0 Å². The molecule has 0 aliphatic carbocycles. The molecule has 6 nitrogen and oxygen atoms in total. The monoisotopic (exact) mass is 374 g/mol. The molecule has 7 heteroatoms. The molecule has 0 N–H and O–H groups in total. The number of piperidine rings is 1. The molecule has 0 unspecified atom stereocenters. The first-order chi connectivity index (χ1) is 12.5. The molecule has 2 heterocycles.